The Balaban J connectivity index is 1.61. The average molecular weight is 397 g/mol. The van der Waals surface area contributed by atoms with Crippen molar-refractivity contribution in [3.63, 3.8) is 0 Å². The predicted molar refractivity (Wildman–Crippen MR) is 113 cm³/mol. The molecule has 0 aromatic carbocycles. The smallest absolute Gasteiger partial charge is 0.225 e. The van der Waals surface area contributed by atoms with Gasteiger partial charge < -0.3 is 5.32 Å². The van der Waals surface area contributed by atoms with E-state index in [1.165, 1.54) is 0 Å². The molecule has 0 saturated carbocycles. The Morgan fingerprint density at radius 3 is 3.07 bits per heavy atom. The highest BCUT2D eigenvalue weighted by atomic mass is 16.1. The molecule has 0 spiro atoms. The molecule has 4 aromatic heterocycles. The first-order chi connectivity index (χ1) is 14.7. The number of aliphatic imine (C=N–C) groups is 1. The van der Waals surface area contributed by atoms with Crippen LogP contribution < -0.4 is 5.32 Å². The third-order valence-corrected chi connectivity index (χ3v) is 5.67. The number of imidazole rings is 1. The molecule has 8 nitrogen and oxygen atoms in total. The first-order valence-electron chi connectivity index (χ1n) is 10.0. The van der Waals surface area contributed by atoms with Gasteiger partial charge in [-0.15, -0.1) is 0 Å². The van der Waals surface area contributed by atoms with Crippen molar-refractivity contribution in [1.82, 2.24) is 24.1 Å². The Labute approximate surface area is 172 Å². The summed E-state index contributed by atoms with van der Waals surface area (Å²) in [6.45, 7) is 3.23. The lowest BCUT2D eigenvalue weighted by Gasteiger charge is -2.10. The lowest BCUT2D eigenvalue weighted by Crippen LogP contribution is -2.14. The van der Waals surface area contributed by atoms with Crippen LogP contribution in [0, 0.1) is 6.92 Å². The average Bonchev–Trinajstić information content (AvgIpc) is 3.41. The maximum Gasteiger partial charge on any atom is 0.225 e. The number of amides is 1. The van der Waals surface area contributed by atoms with Crippen LogP contribution in [0.3, 0.4) is 0 Å². The molecule has 4 bridgehead atoms. The van der Waals surface area contributed by atoms with Gasteiger partial charge in [0.05, 0.1) is 29.3 Å². The van der Waals surface area contributed by atoms with Gasteiger partial charge in [0.15, 0.2) is 5.82 Å². The minimum atomic E-state index is -0.0582. The Kier molecular flexibility index (Phi) is 3.61. The fourth-order valence-electron chi connectivity index (χ4n) is 4.24. The van der Waals surface area contributed by atoms with Gasteiger partial charge in [-0.3, -0.25) is 23.9 Å². The minimum Gasteiger partial charge on any atom is -0.309 e. The summed E-state index contributed by atoms with van der Waals surface area (Å²) >= 11 is 0. The van der Waals surface area contributed by atoms with Crippen LogP contribution in [0.1, 0.15) is 35.4 Å². The van der Waals surface area contributed by atoms with Crippen LogP contribution >= 0.6 is 0 Å². The van der Waals surface area contributed by atoms with E-state index in [0.717, 1.165) is 45.1 Å². The van der Waals surface area contributed by atoms with E-state index < -0.39 is 0 Å². The van der Waals surface area contributed by atoms with Gasteiger partial charge in [0.1, 0.15) is 5.65 Å². The molecule has 6 rings (SSSR count). The summed E-state index contributed by atoms with van der Waals surface area (Å²) < 4.78 is 3.89. The number of hydrogen-bond acceptors (Lipinski definition) is 5. The van der Waals surface area contributed by atoms with Crippen LogP contribution in [0.2, 0.25) is 0 Å². The van der Waals surface area contributed by atoms with Crippen molar-refractivity contribution in [2.45, 2.75) is 32.9 Å². The number of pyridine rings is 2. The molecular weight excluding hydrogens is 378 g/mol. The van der Waals surface area contributed by atoms with E-state index in [-0.39, 0.29) is 5.91 Å². The summed E-state index contributed by atoms with van der Waals surface area (Å²) in [6, 6.07) is 7.92. The number of carbonyl (C=O) groups excluding carboxylic acids is 1. The van der Waals surface area contributed by atoms with Gasteiger partial charge in [-0.2, -0.15) is 5.10 Å². The summed E-state index contributed by atoms with van der Waals surface area (Å²) in [7, 11) is 0. The number of carbonyl (C=O) groups is 1. The Morgan fingerprint density at radius 2 is 2.13 bits per heavy atom. The lowest BCUT2D eigenvalue weighted by molar-refractivity contribution is -0.116. The number of hydrogen-bond donors (Lipinski definition) is 1. The lowest BCUT2D eigenvalue weighted by atomic mass is 10.0. The third-order valence-electron chi connectivity index (χ3n) is 5.67. The fourth-order valence-corrected chi connectivity index (χ4v) is 4.24. The second kappa shape index (κ2) is 6.35. The Hall–Kier alpha value is -3.81. The molecule has 0 radical (unpaired) electrons. The molecule has 1 N–H and O–H groups in total. The molecule has 4 aromatic rings. The standard InChI is InChI=1S/C22H19N7O/c1-13-16-12-28(27-13)7-4-6-19(30)26-22-21(29-8-3-2-5-18(29)25-22)14-9-15-17(23-10-14)11-24-20(15)16/h2-3,5,8-10,12H,4,6-7,11H2,1H3,(H,26,30). The van der Waals surface area contributed by atoms with Crippen LogP contribution in [0.4, 0.5) is 5.82 Å². The van der Waals surface area contributed by atoms with Crippen LogP contribution in [0.5, 0.6) is 0 Å². The Morgan fingerprint density at radius 1 is 1.20 bits per heavy atom. The summed E-state index contributed by atoms with van der Waals surface area (Å²) in [5.41, 5.74) is 7.33. The van der Waals surface area contributed by atoms with E-state index in [9.17, 15) is 4.79 Å². The molecule has 6 heterocycles. The van der Waals surface area contributed by atoms with Crippen molar-refractivity contribution >= 4 is 23.1 Å². The SMILES string of the molecule is Cc1nn2cc1C1=NCc3ncc(cc31)-c1c(nc3ccccn13)NC(=O)CCC2. The number of rotatable bonds is 0. The van der Waals surface area contributed by atoms with Gasteiger partial charge in [-0.05, 0) is 31.5 Å². The summed E-state index contributed by atoms with van der Waals surface area (Å²) in [5, 5.41) is 7.63. The van der Waals surface area contributed by atoms with Gasteiger partial charge in [0, 0.05) is 48.2 Å². The van der Waals surface area contributed by atoms with Crippen LogP contribution in [-0.2, 0) is 17.9 Å². The first-order valence-corrected chi connectivity index (χ1v) is 10.0. The maximum atomic E-state index is 12.6. The van der Waals surface area contributed by atoms with Crippen molar-refractivity contribution < 1.29 is 4.79 Å². The maximum absolute atomic E-state index is 12.6. The molecule has 0 unspecified atom stereocenters. The zero-order valence-corrected chi connectivity index (χ0v) is 16.5. The second-order valence-corrected chi connectivity index (χ2v) is 7.66. The van der Waals surface area contributed by atoms with Crippen molar-refractivity contribution in [1.29, 1.82) is 0 Å². The van der Waals surface area contributed by atoms with Gasteiger partial charge in [0.2, 0.25) is 5.91 Å². The monoisotopic (exact) mass is 397 g/mol. The van der Waals surface area contributed by atoms with Crippen molar-refractivity contribution in [2.75, 3.05) is 5.32 Å². The summed E-state index contributed by atoms with van der Waals surface area (Å²) in [4.78, 5) is 26.8. The first kappa shape index (κ1) is 17.1. The molecule has 0 aliphatic carbocycles. The highest BCUT2D eigenvalue weighted by Gasteiger charge is 2.25. The molecule has 8 heteroatoms. The predicted octanol–water partition coefficient (Wildman–Crippen LogP) is 2.98. The van der Waals surface area contributed by atoms with Gasteiger partial charge in [-0.25, -0.2) is 4.98 Å². The Bertz CT molecular complexity index is 1360. The largest absolute Gasteiger partial charge is 0.309 e. The molecule has 2 aliphatic heterocycles. The van der Waals surface area contributed by atoms with E-state index in [0.29, 0.717) is 31.7 Å². The molecular formula is C22H19N7O. The fraction of sp³-hybridized carbons (Fsp3) is 0.227. The third kappa shape index (κ3) is 2.57. The number of aromatic nitrogens is 5. The van der Waals surface area contributed by atoms with E-state index in [2.05, 4.69) is 21.5 Å². The van der Waals surface area contributed by atoms with Gasteiger partial charge >= 0.3 is 0 Å². The quantitative estimate of drug-likeness (QED) is 0.494. The number of fused-ring (bicyclic) bond motifs is 8. The molecule has 0 saturated heterocycles. The van der Waals surface area contributed by atoms with Crippen LogP contribution in [0.15, 0.2) is 47.8 Å². The van der Waals surface area contributed by atoms with E-state index in [4.69, 9.17) is 9.98 Å². The molecule has 30 heavy (non-hydrogen) atoms. The molecule has 1 amide bonds. The minimum absolute atomic E-state index is 0.0582. The van der Waals surface area contributed by atoms with Gasteiger partial charge in [-0.1, -0.05) is 6.07 Å². The summed E-state index contributed by atoms with van der Waals surface area (Å²) in [5.74, 6) is 0.494. The van der Waals surface area contributed by atoms with Crippen LogP contribution in [-0.4, -0.2) is 35.8 Å². The molecule has 0 fully saturated rings. The van der Waals surface area contributed by atoms with Crippen LogP contribution in [0.25, 0.3) is 16.9 Å². The topological polar surface area (TPSA) is 89.5 Å². The second-order valence-electron chi connectivity index (χ2n) is 7.66. The van der Waals surface area contributed by atoms with Crippen molar-refractivity contribution in [3.8, 4) is 11.3 Å². The zero-order chi connectivity index (χ0) is 20.2. The number of nitrogens with one attached hydrogen (secondary N) is 1. The molecule has 148 valence electrons. The summed E-state index contributed by atoms with van der Waals surface area (Å²) in [6.07, 6.45) is 6.91. The van der Waals surface area contributed by atoms with E-state index in [1.54, 1.807) is 0 Å². The highest BCUT2D eigenvalue weighted by Crippen LogP contribution is 2.33. The molecule has 0 atom stereocenters. The van der Waals surface area contributed by atoms with Crippen molar-refractivity contribution in [2.24, 2.45) is 4.99 Å². The normalized spacial score (nSPS) is 15.5. The zero-order valence-electron chi connectivity index (χ0n) is 16.5. The van der Waals surface area contributed by atoms with E-state index in [1.807, 2.05) is 52.8 Å². The number of anilines is 1. The highest BCUT2D eigenvalue weighted by molar-refractivity contribution is 6.15. The molecule has 2 aliphatic rings. The van der Waals surface area contributed by atoms with E-state index >= 15 is 0 Å². The number of nitrogens with zero attached hydrogens (tertiary/aromatic N) is 6. The van der Waals surface area contributed by atoms with Gasteiger partial charge in [0.25, 0.3) is 0 Å². The number of aryl methyl sites for hydroxylation is 2. The van der Waals surface area contributed by atoms with Crippen molar-refractivity contribution in [3.05, 3.63) is 65.4 Å².